The molecule has 0 fully saturated rings. The molecule has 0 saturated carbocycles. The van der Waals surface area contributed by atoms with Crippen molar-refractivity contribution in [1.29, 1.82) is 0 Å². The number of carboxylic acids is 1. The lowest BCUT2D eigenvalue weighted by atomic mass is 9.79. The molecule has 1 aliphatic carbocycles. The van der Waals surface area contributed by atoms with E-state index in [1.54, 1.807) is 6.07 Å². The van der Waals surface area contributed by atoms with Gasteiger partial charge in [0.25, 0.3) is 0 Å². The number of hydrogen-bond acceptors (Lipinski definition) is 10. The summed E-state index contributed by atoms with van der Waals surface area (Å²) >= 11 is 0. The van der Waals surface area contributed by atoms with Crippen molar-refractivity contribution in [1.82, 2.24) is 10.6 Å². The maximum atomic E-state index is 13.1. The van der Waals surface area contributed by atoms with Crippen LogP contribution < -0.4 is 30.4 Å². The van der Waals surface area contributed by atoms with Crippen molar-refractivity contribution < 1.29 is 19.4 Å². The number of aliphatic imine (C=N–C) groups is 1. The van der Waals surface area contributed by atoms with E-state index in [1.807, 2.05) is 140 Å². The summed E-state index contributed by atoms with van der Waals surface area (Å²) in [4.78, 5) is 35.5. The van der Waals surface area contributed by atoms with E-state index < -0.39 is 11.6 Å². The van der Waals surface area contributed by atoms with Crippen molar-refractivity contribution in [2.24, 2.45) is 4.99 Å². The minimum Gasteiger partial charge on any atom is -0.545 e. The first-order chi connectivity index (χ1) is 29.8. The molecule has 0 aromatic heterocycles. The average molecular weight is 830 g/mol. The Kier molecular flexibility index (Phi) is 14.3. The number of carbonyl (C=O) groups excluding carboxylic acids is 2. The summed E-state index contributed by atoms with van der Waals surface area (Å²) < 4.78 is 6.24. The molecule has 1 aliphatic heterocycles. The molecular weight excluding hydrogens is 773 g/mol. The number of allylic oxidation sites excluding steroid dienone is 5. The van der Waals surface area contributed by atoms with Gasteiger partial charge in [0, 0.05) is 101 Å². The lowest BCUT2D eigenvalue weighted by molar-refractivity contribution is -0.255. The molecule has 10 nitrogen and oxygen atoms in total. The van der Waals surface area contributed by atoms with Crippen molar-refractivity contribution in [2.75, 3.05) is 77.6 Å². The van der Waals surface area contributed by atoms with Gasteiger partial charge in [0.1, 0.15) is 0 Å². The van der Waals surface area contributed by atoms with Crippen molar-refractivity contribution in [2.45, 2.75) is 25.6 Å². The number of carboxylic acid groups (broad SMARTS) is 1. The van der Waals surface area contributed by atoms with Crippen LogP contribution in [0.5, 0.6) is 0 Å². The summed E-state index contributed by atoms with van der Waals surface area (Å²) in [6.45, 7) is 4.26. The average Bonchev–Trinajstić information content (AvgIpc) is 3.57. The molecule has 1 unspecified atom stereocenters. The Morgan fingerprint density at radius 1 is 0.645 bits per heavy atom. The van der Waals surface area contributed by atoms with Gasteiger partial charge in [-0.15, -0.1) is 0 Å². The molecule has 0 bridgehead atoms. The van der Waals surface area contributed by atoms with Gasteiger partial charge in [0.15, 0.2) is 5.60 Å². The van der Waals surface area contributed by atoms with Gasteiger partial charge in [-0.25, -0.2) is 4.79 Å². The van der Waals surface area contributed by atoms with Crippen LogP contribution in [-0.2, 0) is 23.4 Å². The van der Waals surface area contributed by atoms with Crippen molar-refractivity contribution in [3.8, 4) is 0 Å². The van der Waals surface area contributed by atoms with Crippen LogP contribution in [0.25, 0.3) is 5.57 Å². The highest BCUT2D eigenvalue weighted by atomic mass is 16.6. The van der Waals surface area contributed by atoms with Gasteiger partial charge < -0.3 is 40.0 Å². The Morgan fingerprint density at radius 3 is 1.66 bits per heavy atom. The zero-order valence-electron chi connectivity index (χ0n) is 37.2. The van der Waals surface area contributed by atoms with Crippen LogP contribution in [0, 0.1) is 0 Å². The molecule has 0 radical (unpaired) electrons. The fourth-order valence-electron chi connectivity index (χ4n) is 7.77. The number of hydrogen-bond donors (Lipinski definition) is 2. The highest BCUT2D eigenvalue weighted by Gasteiger charge is 2.48. The number of esters is 1. The van der Waals surface area contributed by atoms with Gasteiger partial charge in [-0.2, -0.15) is 0 Å². The molecular formula is C52H57N6O4-. The predicted molar refractivity (Wildman–Crippen MR) is 253 cm³/mol. The van der Waals surface area contributed by atoms with Crippen LogP contribution in [-0.4, -0.2) is 80.6 Å². The molecule has 7 rings (SSSR count). The van der Waals surface area contributed by atoms with E-state index in [9.17, 15) is 14.7 Å². The number of benzene rings is 5. The second-order valence-corrected chi connectivity index (χ2v) is 15.9. The van der Waals surface area contributed by atoms with Gasteiger partial charge in [0.05, 0.1) is 17.2 Å². The predicted octanol–water partition coefficient (Wildman–Crippen LogP) is 7.22. The summed E-state index contributed by atoms with van der Waals surface area (Å²) in [6.07, 6.45) is 7.90. The van der Waals surface area contributed by atoms with Crippen LogP contribution >= 0.6 is 0 Å². The van der Waals surface area contributed by atoms with Crippen molar-refractivity contribution in [3.63, 3.8) is 0 Å². The zero-order valence-corrected chi connectivity index (χ0v) is 37.2. The first-order valence-electron chi connectivity index (χ1n) is 20.8. The van der Waals surface area contributed by atoms with E-state index in [1.165, 1.54) is 5.56 Å². The van der Waals surface area contributed by atoms with Crippen LogP contribution in [0.1, 0.15) is 66.6 Å². The lowest BCUT2D eigenvalue weighted by Crippen LogP contribution is -2.29. The number of rotatable bonds is 13. The highest BCUT2D eigenvalue weighted by molar-refractivity contribution is 6.08. The Morgan fingerprint density at radius 2 is 1.15 bits per heavy atom. The van der Waals surface area contributed by atoms with Crippen molar-refractivity contribution in [3.05, 3.63) is 189 Å². The molecule has 1 heterocycles. The first-order valence-corrected chi connectivity index (χ1v) is 20.8. The maximum Gasteiger partial charge on any atom is 0.340 e. The number of fused-ring (bicyclic) bond motifs is 1. The van der Waals surface area contributed by atoms with E-state index in [0.29, 0.717) is 17.7 Å². The quantitative estimate of drug-likeness (QED) is 0.119. The van der Waals surface area contributed by atoms with Crippen LogP contribution in [0.2, 0.25) is 0 Å². The zero-order chi connectivity index (χ0) is 44.6. The Balaban J connectivity index is 0.000000207. The van der Waals surface area contributed by atoms with Crippen LogP contribution in [0.4, 0.5) is 17.1 Å². The Labute approximate surface area is 366 Å². The number of anilines is 3. The smallest absolute Gasteiger partial charge is 0.340 e. The molecule has 1 atom stereocenters. The summed E-state index contributed by atoms with van der Waals surface area (Å²) in [5.74, 6) is -1.49. The monoisotopic (exact) mass is 829 g/mol. The summed E-state index contributed by atoms with van der Waals surface area (Å²) in [7, 11) is 15.6. The van der Waals surface area contributed by atoms with Gasteiger partial charge in [-0.3, -0.25) is 4.99 Å². The molecule has 5 aromatic carbocycles. The summed E-state index contributed by atoms with van der Waals surface area (Å²) in [5, 5.41) is 18.4. The molecule has 320 valence electrons. The fourth-order valence-corrected chi connectivity index (χ4v) is 7.77. The fraction of sp³-hybridized carbons (Fsp3) is 0.250. The second kappa shape index (κ2) is 19.8. The normalized spacial score (nSPS) is 15.0. The third-order valence-corrected chi connectivity index (χ3v) is 11.0. The molecule has 0 amide bonds. The van der Waals surface area contributed by atoms with Gasteiger partial charge >= 0.3 is 5.97 Å². The standard InChI is InChI=1S/2C26H29N3O2/c1-27-17-18-6-8-19(9-7-18)26(20-10-12-21(13-11-20)28(2)3)24-15-14-22(29(4)5)16-23(24)25(30)31-26;1-5-28-21-12-10-20(11-13-21)25(19-8-6-18(7-9-19)17-27-2)23-15-14-22(29(3)4)16-24(23)26(30)31/h6-16,27H,17H2,1-5H3;6-16,27H,5,17H2,1-4H3,(H,30,31)/p-1. The number of ether oxygens (including phenoxy) is 1. The number of carbonyl (C=O) groups is 2. The van der Waals surface area contributed by atoms with Crippen LogP contribution in [0.3, 0.4) is 0 Å². The first kappa shape index (κ1) is 44.8. The topological polar surface area (TPSA) is 113 Å². The van der Waals surface area contributed by atoms with Gasteiger partial charge in [-0.05, 0) is 103 Å². The molecule has 2 aliphatic rings. The minimum absolute atomic E-state index is 0.169. The van der Waals surface area contributed by atoms with Crippen LogP contribution in [0.15, 0.2) is 144 Å². The molecule has 5 aromatic rings. The maximum absolute atomic E-state index is 13.1. The Bertz CT molecular complexity index is 2500. The minimum atomic E-state index is -1.19. The summed E-state index contributed by atoms with van der Waals surface area (Å²) in [5.41, 5.74) is 12.0. The van der Waals surface area contributed by atoms with E-state index in [4.69, 9.17) is 4.74 Å². The largest absolute Gasteiger partial charge is 0.545 e. The molecule has 2 N–H and O–H groups in total. The van der Waals surface area contributed by atoms with E-state index in [0.717, 1.165) is 74.8 Å². The van der Waals surface area contributed by atoms with E-state index in [-0.39, 0.29) is 11.5 Å². The third-order valence-electron chi connectivity index (χ3n) is 11.0. The number of cyclic esters (lactones) is 1. The molecule has 0 spiro atoms. The van der Waals surface area contributed by atoms with Gasteiger partial charge in [0.2, 0.25) is 0 Å². The highest BCUT2D eigenvalue weighted by Crippen LogP contribution is 2.48. The van der Waals surface area contributed by atoms with E-state index >= 15 is 0 Å². The molecule has 62 heavy (non-hydrogen) atoms. The Hall–Kier alpha value is -6.75. The summed E-state index contributed by atoms with van der Waals surface area (Å²) in [6, 6.07) is 36.2. The molecule has 0 saturated heterocycles. The third kappa shape index (κ3) is 9.57. The van der Waals surface area contributed by atoms with Crippen molar-refractivity contribution >= 4 is 40.3 Å². The van der Waals surface area contributed by atoms with E-state index in [2.05, 4.69) is 81.2 Å². The number of aromatic carboxylic acids is 1. The lowest BCUT2D eigenvalue weighted by Gasteiger charge is -2.31. The van der Waals surface area contributed by atoms with Gasteiger partial charge in [-0.1, -0.05) is 84.9 Å². The number of nitrogens with zero attached hydrogens (tertiary/aromatic N) is 4. The molecule has 10 heteroatoms. The second-order valence-electron chi connectivity index (χ2n) is 15.9. The number of nitrogens with one attached hydrogen (secondary N) is 2. The SMILES string of the molecule is CCN=C1C=CC(=C(c2ccc(CNC)cc2)c2ccc(N(C)C)cc2C(=O)[O-])C=C1.CNCc1ccc(C2(c3ccc(N(C)C)cc3)OC(=O)c3cc(N(C)C)ccc32)cc1.